The van der Waals surface area contributed by atoms with Crippen LogP contribution in [0.2, 0.25) is 0 Å². The largest absolute Gasteiger partial charge is 0.378 e. The zero-order valence-electron chi connectivity index (χ0n) is 16.5. The van der Waals surface area contributed by atoms with Gasteiger partial charge in [0.25, 0.3) is 11.8 Å². The number of carbonyl (C=O) groups is 2. The van der Waals surface area contributed by atoms with E-state index in [2.05, 4.69) is 16.8 Å². The predicted octanol–water partition coefficient (Wildman–Crippen LogP) is 3.16. The molecule has 1 aromatic heterocycles. The van der Waals surface area contributed by atoms with Crippen molar-refractivity contribution in [2.45, 2.75) is 34.2 Å². The van der Waals surface area contributed by atoms with E-state index in [0.717, 1.165) is 23.5 Å². The lowest BCUT2D eigenvalue weighted by Gasteiger charge is -2.27. The quantitative estimate of drug-likeness (QED) is 0.900. The summed E-state index contributed by atoms with van der Waals surface area (Å²) in [6.45, 7) is 11.0. The Kier molecular flexibility index (Phi) is 5.65. The average molecular weight is 369 g/mol. The minimum absolute atomic E-state index is 0.0175. The molecular formula is C21H27N3O3. The summed E-state index contributed by atoms with van der Waals surface area (Å²) in [6.07, 6.45) is 0. The molecule has 6 nitrogen and oxygen atoms in total. The smallest absolute Gasteiger partial charge is 0.257 e. The molecule has 27 heavy (non-hydrogen) atoms. The summed E-state index contributed by atoms with van der Waals surface area (Å²) in [5, 5.41) is 2.98. The molecule has 0 aliphatic carbocycles. The maximum atomic E-state index is 12.8. The Morgan fingerprint density at radius 2 is 1.81 bits per heavy atom. The van der Waals surface area contributed by atoms with Crippen LogP contribution in [-0.2, 0) is 11.3 Å². The summed E-state index contributed by atoms with van der Waals surface area (Å²) in [6, 6.07) is 7.37. The first kappa shape index (κ1) is 19.2. The molecule has 0 spiro atoms. The number of amides is 2. The highest BCUT2D eigenvalue weighted by Crippen LogP contribution is 2.23. The Morgan fingerprint density at radius 3 is 2.44 bits per heavy atom. The van der Waals surface area contributed by atoms with Crippen LogP contribution < -0.4 is 5.32 Å². The molecule has 0 unspecified atom stereocenters. The van der Waals surface area contributed by atoms with Gasteiger partial charge in [0.2, 0.25) is 0 Å². The molecule has 1 aliphatic heterocycles. The van der Waals surface area contributed by atoms with E-state index in [-0.39, 0.29) is 11.8 Å². The van der Waals surface area contributed by atoms with E-state index in [1.807, 2.05) is 45.0 Å². The van der Waals surface area contributed by atoms with Gasteiger partial charge in [-0.3, -0.25) is 9.59 Å². The molecule has 0 atom stereocenters. The van der Waals surface area contributed by atoms with E-state index in [1.165, 1.54) is 0 Å². The number of anilines is 1. The standard InChI is InChI=1S/C21H27N3O3/c1-5-24-14(2)13-18(16(24)4)20(25)22-19-8-6-7-17(15(19)3)21(26)23-9-11-27-12-10-23/h6-8,13H,5,9-12H2,1-4H3,(H,22,25). The SMILES string of the molecule is CCn1c(C)cc(C(=O)Nc2cccc(C(=O)N3CCOCC3)c2C)c1C. The topological polar surface area (TPSA) is 63.6 Å². The molecule has 2 amide bonds. The van der Waals surface area contributed by atoms with Gasteiger partial charge in [-0.05, 0) is 51.5 Å². The molecule has 1 aromatic carbocycles. The van der Waals surface area contributed by atoms with Gasteiger partial charge in [0.1, 0.15) is 0 Å². The number of benzene rings is 1. The van der Waals surface area contributed by atoms with Crippen LogP contribution in [0.4, 0.5) is 5.69 Å². The van der Waals surface area contributed by atoms with Crippen molar-refractivity contribution in [3.05, 3.63) is 52.3 Å². The first-order valence-corrected chi connectivity index (χ1v) is 9.38. The Balaban J connectivity index is 1.83. The Hall–Kier alpha value is -2.60. The third kappa shape index (κ3) is 3.76. The van der Waals surface area contributed by atoms with Gasteiger partial charge in [0.05, 0.1) is 18.8 Å². The van der Waals surface area contributed by atoms with Gasteiger partial charge in [0, 0.05) is 42.3 Å². The van der Waals surface area contributed by atoms with E-state index in [0.29, 0.717) is 43.1 Å². The third-order valence-corrected chi connectivity index (χ3v) is 5.25. The Labute approximate surface area is 160 Å². The van der Waals surface area contributed by atoms with Crippen LogP contribution in [0.25, 0.3) is 0 Å². The predicted molar refractivity (Wildman–Crippen MR) is 105 cm³/mol. The number of nitrogens with one attached hydrogen (secondary N) is 1. The van der Waals surface area contributed by atoms with E-state index in [4.69, 9.17) is 4.74 Å². The molecule has 2 aromatic rings. The molecular weight excluding hydrogens is 342 g/mol. The number of ether oxygens (including phenoxy) is 1. The fourth-order valence-electron chi connectivity index (χ4n) is 3.65. The van der Waals surface area contributed by atoms with Gasteiger partial charge >= 0.3 is 0 Å². The van der Waals surface area contributed by atoms with Gasteiger partial charge in [-0.15, -0.1) is 0 Å². The lowest BCUT2D eigenvalue weighted by molar-refractivity contribution is 0.0302. The average Bonchev–Trinajstić information content (AvgIpc) is 2.97. The van der Waals surface area contributed by atoms with E-state index in [9.17, 15) is 9.59 Å². The van der Waals surface area contributed by atoms with Gasteiger partial charge in [0.15, 0.2) is 0 Å². The molecule has 1 aliphatic rings. The van der Waals surface area contributed by atoms with Crippen molar-refractivity contribution in [1.29, 1.82) is 0 Å². The second-order valence-electron chi connectivity index (χ2n) is 6.87. The van der Waals surface area contributed by atoms with Crippen LogP contribution in [0.5, 0.6) is 0 Å². The van der Waals surface area contributed by atoms with Crippen molar-refractivity contribution in [3.63, 3.8) is 0 Å². The van der Waals surface area contributed by atoms with Gasteiger partial charge in [-0.25, -0.2) is 0 Å². The van der Waals surface area contributed by atoms with Crippen molar-refractivity contribution >= 4 is 17.5 Å². The van der Waals surface area contributed by atoms with Crippen LogP contribution in [0.1, 0.15) is 44.6 Å². The summed E-state index contributed by atoms with van der Waals surface area (Å²) >= 11 is 0. The van der Waals surface area contributed by atoms with Crippen molar-refractivity contribution in [1.82, 2.24) is 9.47 Å². The van der Waals surface area contributed by atoms with Crippen LogP contribution in [0.15, 0.2) is 24.3 Å². The summed E-state index contributed by atoms with van der Waals surface area (Å²) in [4.78, 5) is 27.4. The molecule has 2 heterocycles. The zero-order chi connectivity index (χ0) is 19.6. The summed E-state index contributed by atoms with van der Waals surface area (Å²) in [5.74, 6) is -0.169. The first-order valence-electron chi connectivity index (χ1n) is 9.38. The number of hydrogen-bond acceptors (Lipinski definition) is 3. The highest BCUT2D eigenvalue weighted by Gasteiger charge is 2.22. The Morgan fingerprint density at radius 1 is 1.11 bits per heavy atom. The van der Waals surface area contributed by atoms with Gasteiger partial charge in [-0.2, -0.15) is 0 Å². The van der Waals surface area contributed by atoms with Crippen LogP contribution in [0.3, 0.4) is 0 Å². The lowest BCUT2D eigenvalue weighted by Crippen LogP contribution is -2.41. The molecule has 0 radical (unpaired) electrons. The number of hydrogen-bond donors (Lipinski definition) is 1. The maximum absolute atomic E-state index is 12.8. The number of rotatable bonds is 4. The minimum atomic E-state index is -0.151. The molecule has 0 saturated carbocycles. The van der Waals surface area contributed by atoms with Crippen molar-refractivity contribution in [2.75, 3.05) is 31.6 Å². The minimum Gasteiger partial charge on any atom is -0.378 e. The lowest BCUT2D eigenvalue weighted by atomic mass is 10.0. The van der Waals surface area contributed by atoms with Crippen molar-refractivity contribution < 1.29 is 14.3 Å². The maximum Gasteiger partial charge on any atom is 0.257 e. The fraction of sp³-hybridized carbons (Fsp3) is 0.429. The van der Waals surface area contributed by atoms with Crippen LogP contribution in [-0.4, -0.2) is 47.6 Å². The van der Waals surface area contributed by atoms with Gasteiger partial charge < -0.3 is 19.5 Å². The van der Waals surface area contributed by atoms with E-state index >= 15 is 0 Å². The molecule has 144 valence electrons. The van der Waals surface area contributed by atoms with E-state index < -0.39 is 0 Å². The number of carbonyl (C=O) groups excluding carboxylic acids is 2. The first-order chi connectivity index (χ1) is 12.9. The molecule has 0 bridgehead atoms. The van der Waals surface area contributed by atoms with Gasteiger partial charge in [-0.1, -0.05) is 6.07 Å². The number of morpholine rings is 1. The second-order valence-corrected chi connectivity index (χ2v) is 6.87. The number of nitrogens with zero attached hydrogens (tertiary/aromatic N) is 2. The highest BCUT2D eigenvalue weighted by atomic mass is 16.5. The molecule has 6 heteroatoms. The van der Waals surface area contributed by atoms with Crippen molar-refractivity contribution in [2.24, 2.45) is 0 Å². The van der Waals surface area contributed by atoms with Crippen molar-refractivity contribution in [3.8, 4) is 0 Å². The zero-order valence-corrected chi connectivity index (χ0v) is 16.5. The normalized spacial score (nSPS) is 14.3. The molecule has 1 fully saturated rings. The van der Waals surface area contributed by atoms with Crippen LogP contribution in [0, 0.1) is 20.8 Å². The Bertz CT molecular complexity index is 864. The highest BCUT2D eigenvalue weighted by molar-refractivity contribution is 6.07. The number of aromatic nitrogens is 1. The van der Waals surface area contributed by atoms with Crippen LogP contribution >= 0.6 is 0 Å². The third-order valence-electron chi connectivity index (χ3n) is 5.25. The number of aryl methyl sites for hydroxylation is 1. The summed E-state index contributed by atoms with van der Waals surface area (Å²) in [5.41, 5.74) is 4.75. The summed E-state index contributed by atoms with van der Waals surface area (Å²) < 4.78 is 7.43. The van der Waals surface area contributed by atoms with E-state index in [1.54, 1.807) is 4.90 Å². The molecule has 1 saturated heterocycles. The molecule has 1 N–H and O–H groups in total. The second kappa shape index (κ2) is 7.96. The fourth-order valence-corrected chi connectivity index (χ4v) is 3.65. The molecule has 3 rings (SSSR count). The monoisotopic (exact) mass is 369 g/mol. The summed E-state index contributed by atoms with van der Waals surface area (Å²) in [7, 11) is 0.